The van der Waals surface area contributed by atoms with Crippen LogP contribution in [0.1, 0.15) is 0 Å². The van der Waals surface area contributed by atoms with Crippen LogP contribution in [0.15, 0.2) is 182 Å². The number of nitrogens with zero attached hydrogens (tertiary/aromatic N) is 4. The van der Waals surface area contributed by atoms with E-state index in [-0.39, 0.29) is 0 Å². The zero-order valence-electron chi connectivity index (χ0n) is 30.5. The van der Waals surface area contributed by atoms with Crippen molar-refractivity contribution in [3.63, 3.8) is 0 Å². The summed E-state index contributed by atoms with van der Waals surface area (Å²) in [6, 6.07) is 65.7. The molecule has 0 fully saturated rings. The van der Waals surface area contributed by atoms with Crippen molar-refractivity contribution in [2.45, 2.75) is 0 Å². The quantitative estimate of drug-likeness (QED) is 0.169. The fraction of sp³-hybridized carbons (Fsp3) is 0. The number of benzene rings is 9. The number of aromatic nitrogens is 4. The van der Waals surface area contributed by atoms with E-state index in [1.807, 2.05) is 11.3 Å². The van der Waals surface area contributed by atoms with E-state index in [0.29, 0.717) is 0 Å². The molecule has 0 amide bonds. The van der Waals surface area contributed by atoms with E-state index in [9.17, 15) is 0 Å². The zero-order valence-corrected chi connectivity index (χ0v) is 31.3. The van der Waals surface area contributed by atoms with Crippen LogP contribution < -0.4 is 0 Å². The van der Waals surface area contributed by atoms with Gasteiger partial charge in [0.1, 0.15) is 5.69 Å². The molecular formula is C52H30N4S. The summed E-state index contributed by atoms with van der Waals surface area (Å²) >= 11 is 1.84. The van der Waals surface area contributed by atoms with Crippen molar-refractivity contribution in [1.82, 2.24) is 19.1 Å². The van der Waals surface area contributed by atoms with Crippen LogP contribution in [0, 0.1) is 0 Å². The lowest BCUT2D eigenvalue weighted by molar-refractivity contribution is 1.08. The third kappa shape index (κ3) is 4.26. The van der Waals surface area contributed by atoms with Crippen molar-refractivity contribution < 1.29 is 0 Å². The summed E-state index contributed by atoms with van der Waals surface area (Å²) in [5.74, 6) is 0.811. The first-order chi connectivity index (χ1) is 28.3. The minimum Gasteiger partial charge on any atom is -0.307 e. The van der Waals surface area contributed by atoms with Gasteiger partial charge in [0.25, 0.3) is 0 Å². The van der Waals surface area contributed by atoms with Crippen LogP contribution >= 0.6 is 11.3 Å². The number of hydrogen-bond acceptors (Lipinski definition) is 3. The number of para-hydroxylation sites is 3. The molecule has 0 aliphatic rings. The molecule has 0 saturated carbocycles. The fourth-order valence-electron chi connectivity index (χ4n) is 9.44. The molecule has 0 radical (unpaired) electrons. The lowest BCUT2D eigenvalue weighted by Crippen LogP contribution is -2.05. The normalized spacial score (nSPS) is 12.2. The smallest absolute Gasteiger partial charge is 0.165 e. The van der Waals surface area contributed by atoms with Gasteiger partial charge in [-0.15, -0.1) is 11.3 Å². The van der Waals surface area contributed by atoms with Gasteiger partial charge in [-0.1, -0.05) is 140 Å². The third-order valence-electron chi connectivity index (χ3n) is 11.9. The Labute approximate surface area is 330 Å². The molecule has 4 heterocycles. The van der Waals surface area contributed by atoms with E-state index in [2.05, 4.69) is 191 Å². The molecule has 0 aliphatic carbocycles. The van der Waals surface area contributed by atoms with E-state index in [4.69, 9.17) is 9.97 Å². The molecule has 13 aromatic rings. The first-order valence-corrected chi connectivity index (χ1v) is 20.2. The Morgan fingerprint density at radius 1 is 0.351 bits per heavy atom. The maximum atomic E-state index is 5.86. The average molecular weight is 743 g/mol. The lowest BCUT2D eigenvalue weighted by atomic mass is 9.99. The molecule has 4 aromatic heterocycles. The standard InChI is InChI=1S/C52H30N4S/c1-2-14-32(15-3-1)55-43-23-11-8-18-35(43)40-27-28-41-36-19-9-12-24-44(36)56(51(41)50(40)55)52-47(31-26-29-46-42(30-31)37-20-10-13-25-45(37)57-46)53-48-38-21-6-4-16-33(38)34-17-5-7-22-39(34)49(48)54-52/h1-30H. The van der Waals surface area contributed by atoms with Gasteiger partial charge >= 0.3 is 0 Å². The van der Waals surface area contributed by atoms with Gasteiger partial charge in [0.05, 0.1) is 33.1 Å². The fourth-order valence-corrected chi connectivity index (χ4v) is 10.5. The Balaban J connectivity index is 1.27. The molecule has 264 valence electrons. The van der Waals surface area contributed by atoms with Gasteiger partial charge in [0.15, 0.2) is 5.82 Å². The van der Waals surface area contributed by atoms with Gasteiger partial charge < -0.3 is 4.57 Å². The molecule has 0 aliphatic heterocycles. The van der Waals surface area contributed by atoms with Gasteiger partial charge in [-0.2, -0.15) is 0 Å². The average Bonchev–Trinajstić information content (AvgIpc) is 3.94. The molecule has 0 N–H and O–H groups in total. The molecule has 0 bridgehead atoms. The van der Waals surface area contributed by atoms with E-state index >= 15 is 0 Å². The van der Waals surface area contributed by atoms with E-state index < -0.39 is 0 Å². The van der Waals surface area contributed by atoms with Crippen LogP contribution in [0.3, 0.4) is 0 Å². The number of thiophene rings is 1. The number of hydrogen-bond donors (Lipinski definition) is 0. The van der Waals surface area contributed by atoms with E-state index in [0.717, 1.165) is 61.1 Å². The summed E-state index contributed by atoms with van der Waals surface area (Å²) < 4.78 is 7.39. The summed E-state index contributed by atoms with van der Waals surface area (Å²) in [6.45, 7) is 0. The van der Waals surface area contributed by atoms with Crippen molar-refractivity contribution in [3.05, 3.63) is 182 Å². The van der Waals surface area contributed by atoms with Crippen LogP contribution in [0.4, 0.5) is 0 Å². The predicted molar refractivity (Wildman–Crippen MR) is 242 cm³/mol. The SMILES string of the molecule is c1ccc(-n2c3ccccc3c3ccc4c5ccccc5n(-c5nc6c7ccccc7c7ccccc7c6nc5-c5ccc6sc7ccccc7c6c5)c4c32)cc1. The lowest BCUT2D eigenvalue weighted by Gasteiger charge is -2.17. The van der Waals surface area contributed by atoms with Gasteiger partial charge in [-0.05, 0) is 53.2 Å². The maximum absolute atomic E-state index is 5.86. The van der Waals surface area contributed by atoms with Crippen LogP contribution in [-0.2, 0) is 0 Å². The molecule has 57 heavy (non-hydrogen) atoms. The first kappa shape index (κ1) is 30.9. The summed E-state index contributed by atoms with van der Waals surface area (Å²) in [5, 5.41) is 11.8. The third-order valence-corrected chi connectivity index (χ3v) is 13.0. The van der Waals surface area contributed by atoms with Crippen molar-refractivity contribution in [1.29, 1.82) is 0 Å². The molecule has 4 nitrogen and oxygen atoms in total. The second kappa shape index (κ2) is 11.6. The molecule has 13 rings (SSSR count). The molecule has 0 spiro atoms. The van der Waals surface area contributed by atoms with Crippen molar-refractivity contribution in [2.75, 3.05) is 0 Å². The van der Waals surface area contributed by atoms with Crippen molar-refractivity contribution in [3.8, 4) is 22.8 Å². The Morgan fingerprint density at radius 3 is 1.54 bits per heavy atom. The Kier molecular flexibility index (Phi) is 6.29. The van der Waals surface area contributed by atoms with Gasteiger partial charge in [0, 0.05) is 63.7 Å². The molecule has 0 saturated heterocycles. The second-order valence-corrected chi connectivity index (χ2v) is 16.0. The minimum absolute atomic E-state index is 0.811. The topological polar surface area (TPSA) is 35.6 Å². The number of fused-ring (bicyclic) bond motifs is 16. The van der Waals surface area contributed by atoms with Crippen molar-refractivity contribution in [2.24, 2.45) is 0 Å². The highest BCUT2D eigenvalue weighted by Crippen LogP contribution is 2.45. The zero-order chi connectivity index (χ0) is 37.2. The molecule has 0 unspecified atom stereocenters. The maximum Gasteiger partial charge on any atom is 0.165 e. The van der Waals surface area contributed by atoms with Gasteiger partial charge in [0.2, 0.25) is 0 Å². The van der Waals surface area contributed by atoms with E-state index in [1.165, 1.54) is 58.0 Å². The summed E-state index contributed by atoms with van der Waals surface area (Å²) in [4.78, 5) is 11.6. The Hall–Kier alpha value is -7.34. The van der Waals surface area contributed by atoms with Crippen LogP contribution in [0.25, 0.3) is 119 Å². The highest BCUT2D eigenvalue weighted by atomic mass is 32.1. The van der Waals surface area contributed by atoms with Gasteiger partial charge in [-0.3, -0.25) is 4.57 Å². The molecular weight excluding hydrogens is 713 g/mol. The number of rotatable bonds is 3. The molecule has 5 heteroatoms. The largest absolute Gasteiger partial charge is 0.307 e. The molecule has 9 aromatic carbocycles. The van der Waals surface area contributed by atoms with E-state index in [1.54, 1.807) is 0 Å². The Bertz CT molecular complexity index is 3810. The highest BCUT2D eigenvalue weighted by Gasteiger charge is 2.25. The summed E-state index contributed by atoms with van der Waals surface area (Å²) in [6.07, 6.45) is 0. The van der Waals surface area contributed by atoms with Crippen LogP contribution in [0.2, 0.25) is 0 Å². The monoisotopic (exact) mass is 742 g/mol. The minimum atomic E-state index is 0.811. The van der Waals surface area contributed by atoms with Crippen LogP contribution in [-0.4, -0.2) is 19.1 Å². The summed E-state index contributed by atoms with van der Waals surface area (Å²) in [5.41, 5.74) is 9.31. The summed E-state index contributed by atoms with van der Waals surface area (Å²) in [7, 11) is 0. The van der Waals surface area contributed by atoms with Crippen LogP contribution in [0.5, 0.6) is 0 Å². The van der Waals surface area contributed by atoms with Gasteiger partial charge in [-0.25, -0.2) is 9.97 Å². The Morgan fingerprint density at radius 2 is 0.860 bits per heavy atom. The predicted octanol–water partition coefficient (Wildman–Crippen LogP) is 14.2. The molecule has 0 atom stereocenters. The van der Waals surface area contributed by atoms with Crippen molar-refractivity contribution >= 4 is 108 Å². The second-order valence-electron chi connectivity index (χ2n) is 14.9. The first-order valence-electron chi connectivity index (χ1n) is 19.3. The highest BCUT2D eigenvalue weighted by molar-refractivity contribution is 7.25.